The minimum absolute atomic E-state index is 0.0552. The Labute approximate surface area is 116 Å². The normalized spacial score (nSPS) is 24.5. The molecule has 1 fully saturated rings. The molecule has 1 N–H and O–H groups in total. The highest BCUT2D eigenvalue weighted by atomic mass is 32.2. The summed E-state index contributed by atoms with van der Waals surface area (Å²) in [4.78, 5) is 14.9. The fraction of sp³-hybridized carbons (Fsp3) is 0.500. The highest BCUT2D eigenvalue weighted by Gasteiger charge is 2.42. The molecular weight excluding hydrogens is 287 g/mol. The van der Waals surface area contributed by atoms with E-state index < -0.39 is 32.9 Å². The van der Waals surface area contributed by atoms with Crippen molar-refractivity contribution in [3.63, 3.8) is 0 Å². The molecule has 20 heavy (non-hydrogen) atoms. The van der Waals surface area contributed by atoms with Gasteiger partial charge in [0.25, 0.3) is 10.0 Å². The van der Waals surface area contributed by atoms with Gasteiger partial charge in [-0.25, -0.2) is 17.8 Å². The highest BCUT2D eigenvalue weighted by Crippen LogP contribution is 2.29. The maximum Gasteiger partial charge on any atom is 0.322 e. The summed E-state index contributed by atoms with van der Waals surface area (Å²) in [5.41, 5.74) is 0. The molecule has 2 unspecified atom stereocenters. The number of pyridine rings is 1. The lowest BCUT2D eigenvalue weighted by Gasteiger charge is -2.35. The molecular formula is C12H15FN2O4S. The van der Waals surface area contributed by atoms with Crippen molar-refractivity contribution in [3.8, 4) is 0 Å². The summed E-state index contributed by atoms with van der Waals surface area (Å²) in [6.45, 7) is 1.73. The summed E-state index contributed by atoms with van der Waals surface area (Å²) in [6, 6.07) is 1.08. The SMILES string of the molecule is CC1CCCN(S(=O)(=O)c2ncccc2F)C1C(=O)O. The second-order valence-electron chi connectivity index (χ2n) is 4.81. The molecule has 0 radical (unpaired) electrons. The molecule has 2 heterocycles. The molecule has 1 aliphatic heterocycles. The summed E-state index contributed by atoms with van der Waals surface area (Å²) in [6.07, 6.45) is 2.32. The van der Waals surface area contributed by atoms with Crippen molar-refractivity contribution in [2.75, 3.05) is 6.54 Å². The van der Waals surface area contributed by atoms with Gasteiger partial charge < -0.3 is 5.11 Å². The van der Waals surface area contributed by atoms with Gasteiger partial charge in [-0.3, -0.25) is 4.79 Å². The maximum atomic E-state index is 13.6. The Balaban J connectivity index is 2.47. The molecule has 1 aliphatic rings. The molecule has 6 nitrogen and oxygen atoms in total. The molecule has 2 atom stereocenters. The standard InChI is InChI=1S/C12H15FN2O4S/c1-8-4-3-7-15(10(8)12(16)17)20(18,19)11-9(13)5-2-6-14-11/h2,5-6,8,10H,3-4,7H2,1H3,(H,16,17). The van der Waals surface area contributed by atoms with Gasteiger partial charge in [0.15, 0.2) is 5.82 Å². The minimum Gasteiger partial charge on any atom is -0.480 e. The number of halogens is 1. The molecule has 0 amide bonds. The van der Waals surface area contributed by atoms with E-state index in [2.05, 4.69) is 4.98 Å². The topological polar surface area (TPSA) is 87.6 Å². The molecule has 8 heteroatoms. The molecule has 0 aliphatic carbocycles. The molecule has 1 saturated heterocycles. The molecule has 110 valence electrons. The Kier molecular flexibility index (Phi) is 4.05. The van der Waals surface area contributed by atoms with Crippen LogP contribution in [0, 0.1) is 11.7 Å². The first-order chi connectivity index (χ1) is 9.35. The van der Waals surface area contributed by atoms with Gasteiger partial charge >= 0.3 is 5.97 Å². The van der Waals surface area contributed by atoms with Crippen LogP contribution < -0.4 is 0 Å². The smallest absolute Gasteiger partial charge is 0.322 e. The van der Waals surface area contributed by atoms with Gasteiger partial charge in [0, 0.05) is 12.7 Å². The molecule has 1 aromatic heterocycles. The number of aliphatic carboxylic acids is 1. The first-order valence-corrected chi connectivity index (χ1v) is 7.65. The molecule has 0 saturated carbocycles. The van der Waals surface area contributed by atoms with Crippen LogP contribution in [0.2, 0.25) is 0 Å². The maximum absolute atomic E-state index is 13.6. The molecule has 0 bridgehead atoms. The van der Waals surface area contributed by atoms with Crippen LogP contribution in [0.3, 0.4) is 0 Å². The lowest BCUT2D eigenvalue weighted by molar-refractivity contribution is -0.144. The van der Waals surface area contributed by atoms with Crippen molar-refractivity contribution in [3.05, 3.63) is 24.1 Å². The summed E-state index contributed by atoms with van der Waals surface area (Å²) in [5, 5.41) is 8.52. The van der Waals surface area contributed by atoms with Crippen molar-refractivity contribution >= 4 is 16.0 Å². The van der Waals surface area contributed by atoms with Crippen molar-refractivity contribution in [1.29, 1.82) is 0 Å². The van der Waals surface area contributed by atoms with Crippen LogP contribution in [0.15, 0.2) is 23.4 Å². The number of aromatic nitrogens is 1. The Morgan fingerprint density at radius 3 is 2.85 bits per heavy atom. The van der Waals surface area contributed by atoms with Gasteiger partial charge in [-0.2, -0.15) is 4.31 Å². The average Bonchev–Trinajstić information content (AvgIpc) is 2.38. The number of hydrogen-bond donors (Lipinski definition) is 1. The number of carboxylic acids is 1. The Hall–Kier alpha value is -1.54. The molecule has 0 aromatic carbocycles. The van der Waals surface area contributed by atoms with Crippen molar-refractivity contribution in [2.24, 2.45) is 5.92 Å². The third kappa shape index (κ3) is 2.53. The zero-order chi connectivity index (χ0) is 14.9. The number of rotatable bonds is 3. The van der Waals surface area contributed by atoms with E-state index in [-0.39, 0.29) is 12.5 Å². The Bertz CT molecular complexity index is 620. The zero-order valence-electron chi connectivity index (χ0n) is 10.9. The van der Waals surface area contributed by atoms with Gasteiger partial charge in [0.05, 0.1) is 0 Å². The number of piperidine rings is 1. The summed E-state index contributed by atoms with van der Waals surface area (Å²) < 4.78 is 39.3. The van der Waals surface area contributed by atoms with Crippen LogP contribution >= 0.6 is 0 Å². The van der Waals surface area contributed by atoms with Gasteiger partial charge in [0.2, 0.25) is 5.03 Å². The summed E-state index contributed by atoms with van der Waals surface area (Å²) in [7, 11) is -4.25. The number of nitrogens with zero attached hydrogens (tertiary/aromatic N) is 2. The van der Waals surface area contributed by atoms with Gasteiger partial charge in [0.1, 0.15) is 6.04 Å². The van der Waals surface area contributed by atoms with E-state index in [1.54, 1.807) is 6.92 Å². The first kappa shape index (κ1) is 14.9. The van der Waals surface area contributed by atoms with Crippen LogP contribution in [-0.2, 0) is 14.8 Å². The largest absolute Gasteiger partial charge is 0.480 e. The predicted octanol–water partition coefficient (Wildman–Crippen LogP) is 1.09. The quantitative estimate of drug-likeness (QED) is 0.903. The Morgan fingerprint density at radius 1 is 1.55 bits per heavy atom. The van der Waals surface area contributed by atoms with Gasteiger partial charge in [-0.15, -0.1) is 0 Å². The van der Waals surface area contributed by atoms with Crippen molar-refractivity contribution in [1.82, 2.24) is 9.29 Å². The van der Waals surface area contributed by atoms with Crippen LogP contribution in [0.4, 0.5) is 4.39 Å². The van der Waals surface area contributed by atoms with Crippen LogP contribution in [0.1, 0.15) is 19.8 Å². The number of carbonyl (C=O) groups is 1. The fourth-order valence-electron chi connectivity index (χ4n) is 2.46. The van der Waals surface area contributed by atoms with Crippen LogP contribution in [-0.4, -0.2) is 41.4 Å². The summed E-state index contributed by atoms with van der Waals surface area (Å²) in [5.74, 6) is -2.53. The van der Waals surface area contributed by atoms with E-state index in [4.69, 9.17) is 0 Å². The lowest BCUT2D eigenvalue weighted by Crippen LogP contribution is -2.52. The molecule has 0 spiro atoms. The predicted molar refractivity (Wildman–Crippen MR) is 67.9 cm³/mol. The van der Waals surface area contributed by atoms with Crippen molar-refractivity contribution in [2.45, 2.75) is 30.8 Å². The van der Waals surface area contributed by atoms with E-state index >= 15 is 0 Å². The minimum atomic E-state index is -4.25. The Morgan fingerprint density at radius 2 is 2.25 bits per heavy atom. The number of hydrogen-bond acceptors (Lipinski definition) is 4. The zero-order valence-corrected chi connectivity index (χ0v) is 11.7. The van der Waals surface area contributed by atoms with Gasteiger partial charge in [-0.1, -0.05) is 6.92 Å². The third-order valence-electron chi connectivity index (χ3n) is 3.42. The van der Waals surface area contributed by atoms with E-state index in [1.807, 2.05) is 0 Å². The number of carboxylic acid groups (broad SMARTS) is 1. The monoisotopic (exact) mass is 302 g/mol. The third-order valence-corrected chi connectivity index (χ3v) is 5.23. The molecule has 2 rings (SSSR count). The van der Waals surface area contributed by atoms with Gasteiger partial charge in [-0.05, 0) is 30.9 Å². The van der Waals surface area contributed by atoms with Crippen molar-refractivity contribution < 1.29 is 22.7 Å². The second kappa shape index (κ2) is 5.45. The lowest BCUT2D eigenvalue weighted by atomic mass is 9.93. The van der Waals surface area contributed by atoms with Crippen LogP contribution in [0.5, 0.6) is 0 Å². The first-order valence-electron chi connectivity index (χ1n) is 6.21. The highest BCUT2D eigenvalue weighted by molar-refractivity contribution is 7.89. The van der Waals surface area contributed by atoms with E-state index in [9.17, 15) is 22.7 Å². The van der Waals surface area contributed by atoms with E-state index in [0.717, 1.165) is 10.4 Å². The average molecular weight is 302 g/mol. The fourth-order valence-corrected chi connectivity index (χ4v) is 4.16. The summed E-state index contributed by atoms with van der Waals surface area (Å²) >= 11 is 0. The number of sulfonamides is 1. The van der Waals surface area contributed by atoms with E-state index in [1.165, 1.54) is 12.3 Å². The van der Waals surface area contributed by atoms with E-state index in [0.29, 0.717) is 12.8 Å². The second-order valence-corrected chi connectivity index (χ2v) is 6.61. The molecule has 1 aromatic rings. The van der Waals surface area contributed by atoms with Crippen LogP contribution in [0.25, 0.3) is 0 Å².